The molecule has 120 valence electrons. The number of ether oxygens (including phenoxy) is 1. The molecular formula is C16H24N4O2. The van der Waals surface area contributed by atoms with Crippen molar-refractivity contribution in [1.82, 2.24) is 10.6 Å². The average Bonchev–Trinajstić information content (AvgIpc) is 3.17. The van der Waals surface area contributed by atoms with Crippen LogP contribution in [0.25, 0.3) is 0 Å². The molecule has 1 aromatic carbocycles. The molecule has 2 atom stereocenters. The van der Waals surface area contributed by atoms with Gasteiger partial charge in [0.2, 0.25) is 5.91 Å². The zero-order valence-electron chi connectivity index (χ0n) is 13.3. The molecule has 0 bridgehead atoms. The number of amides is 1. The molecule has 0 radical (unpaired) electrons. The minimum Gasteiger partial charge on any atom is -0.492 e. The highest BCUT2D eigenvalue weighted by atomic mass is 16.5. The van der Waals surface area contributed by atoms with E-state index in [1.54, 1.807) is 13.1 Å². The van der Waals surface area contributed by atoms with Gasteiger partial charge in [-0.15, -0.1) is 0 Å². The molecule has 0 aliphatic heterocycles. The first-order valence-electron chi connectivity index (χ1n) is 7.56. The van der Waals surface area contributed by atoms with Gasteiger partial charge < -0.3 is 20.7 Å². The zero-order valence-corrected chi connectivity index (χ0v) is 13.3. The molecular weight excluding hydrogens is 280 g/mol. The number of hydrogen-bond acceptors (Lipinski definition) is 3. The van der Waals surface area contributed by atoms with E-state index in [0.717, 1.165) is 23.3 Å². The Bertz CT molecular complexity index is 545. The van der Waals surface area contributed by atoms with Crippen LogP contribution in [0.4, 0.5) is 5.69 Å². The van der Waals surface area contributed by atoms with Gasteiger partial charge in [0, 0.05) is 31.8 Å². The van der Waals surface area contributed by atoms with Gasteiger partial charge >= 0.3 is 0 Å². The fourth-order valence-corrected chi connectivity index (χ4v) is 2.10. The summed E-state index contributed by atoms with van der Waals surface area (Å²) in [6, 6.07) is 7.89. The van der Waals surface area contributed by atoms with Gasteiger partial charge in [-0.3, -0.25) is 9.79 Å². The number of carbonyl (C=O) groups excluding carboxylic acids is 1. The van der Waals surface area contributed by atoms with Crippen LogP contribution in [0, 0.1) is 5.92 Å². The van der Waals surface area contributed by atoms with Crippen LogP contribution in [0.2, 0.25) is 0 Å². The first-order chi connectivity index (χ1) is 10.6. The Morgan fingerprint density at radius 2 is 2.23 bits per heavy atom. The van der Waals surface area contributed by atoms with Crippen LogP contribution in [-0.2, 0) is 4.79 Å². The van der Waals surface area contributed by atoms with Gasteiger partial charge in [0.25, 0.3) is 0 Å². The largest absolute Gasteiger partial charge is 0.492 e. The second kappa shape index (κ2) is 7.68. The first-order valence-corrected chi connectivity index (χ1v) is 7.56. The van der Waals surface area contributed by atoms with Crippen LogP contribution in [0.3, 0.4) is 0 Å². The topological polar surface area (TPSA) is 74.8 Å². The van der Waals surface area contributed by atoms with Crippen molar-refractivity contribution in [1.29, 1.82) is 0 Å². The summed E-state index contributed by atoms with van der Waals surface area (Å²) < 4.78 is 5.67. The van der Waals surface area contributed by atoms with E-state index in [1.807, 2.05) is 18.2 Å². The molecule has 1 aliphatic rings. The van der Waals surface area contributed by atoms with Crippen molar-refractivity contribution in [3.8, 4) is 5.75 Å². The third kappa shape index (κ3) is 5.27. The Balaban J connectivity index is 1.70. The molecule has 1 saturated carbocycles. The number of nitrogens with one attached hydrogen (secondary N) is 3. The van der Waals surface area contributed by atoms with Crippen LogP contribution in [0.15, 0.2) is 29.3 Å². The molecule has 1 aromatic rings. The van der Waals surface area contributed by atoms with Crippen molar-refractivity contribution in [3.63, 3.8) is 0 Å². The van der Waals surface area contributed by atoms with E-state index in [4.69, 9.17) is 4.74 Å². The predicted molar refractivity (Wildman–Crippen MR) is 88.3 cm³/mol. The quantitative estimate of drug-likeness (QED) is 0.424. The third-order valence-electron chi connectivity index (χ3n) is 3.47. The molecule has 6 nitrogen and oxygen atoms in total. The Hall–Kier alpha value is -2.24. The standard InChI is InChI=1S/C16H24N4O2/c1-11-9-15(11)20-16(17-3)18-7-8-22-14-6-4-5-13(10-14)19-12(2)21/h4-6,10-11,15H,7-9H2,1-3H3,(H,19,21)(H2,17,18,20). The van der Waals surface area contributed by atoms with Gasteiger partial charge in [-0.2, -0.15) is 0 Å². The second-order valence-electron chi connectivity index (χ2n) is 5.52. The molecule has 1 amide bonds. The number of rotatable bonds is 6. The molecule has 22 heavy (non-hydrogen) atoms. The molecule has 6 heteroatoms. The number of aliphatic imine (C=N–C) groups is 1. The number of guanidine groups is 1. The Morgan fingerprint density at radius 1 is 1.45 bits per heavy atom. The van der Waals surface area contributed by atoms with Crippen LogP contribution in [0.5, 0.6) is 5.75 Å². The highest BCUT2D eigenvalue weighted by Crippen LogP contribution is 2.28. The third-order valence-corrected chi connectivity index (χ3v) is 3.47. The number of nitrogens with zero attached hydrogens (tertiary/aromatic N) is 1. The van der Waals surface area contributed by atoms with Gasteiger partial charge in [0.1, 0.15) is 12.4 Å². The summed E-state index contributed by atoms with van der Waals surface area (Å²) in [6.07, 6.45) is 1.20. The lowest BCUT2D eigenvalue weighted by Gasteiger charge is -2.12. The number of benzene rings is 1. The molecule has 0 spiro atoms. The number of anilines is 1. The van der Waals surface area contributed by atoms with E-state index in [1.165, 1.54) is 13.3 Å². The Labute approximate surface area is 131 Å². The minimum atomic E-state index is -0.0944. The Kier molecular flexibility index (Phi) is 5.63. The first kappa shape index (κ1) is 16.1. The van der Waals surface area contributed by atoms with E-state index in [-0.39, 0.29) is 5.91 Å². The summed E-state index contributed by atoms with van der Waals surface area (Å²) in [5, 5.41) is 9.31. The summed E-state index contributed by atoms with van der Waals surface area (Å²) in [7, 11) is 1.76. The van der Waals surface area contributed by atoms with Crippen LogP contribution < -0.4 is 20.7 Å². The highest BCUT2D eigenvalue weighted by Gasteiger charge is 2.33. The van der Waals surface area contributed by atoms with E-state index in [9.17, 15) is 4.79 Å². The predicted octanol–water partition coefficient (Wildman–Crippen LogP) is 1.60. The minimum absolute atomic E-state index is 0.0944. The van der Waals surface area contributed by atoms with Crippen LogP contribution in [-0.4, -0.2) is 38.1 Å². The molecule has 2 rings (SSSR count). The molecule has 1 aliphatic carbocycles. The molecule has 2 unspecified atom stereocenters. The summed E-state index contributed by atoms with van der Waals surface area (Å²) in [5.41, 5.74) is 0.734. The fraction of sp³-hybridized carbons (Fsp3) is 0.500. The maximum Gasteiger partial charge on any atom is 0.221 e. The lowest BCUT2D eigenvalue weighted by molar-refractivity contribution is -0.114. The molecule has 1 fully saturated rings. The van der Waals surface area contributed by atoms with Crippen molar-refractivity contribution in [2.75, 3.05) is 25.5 Å². The van der Waals surface area contributed by atoms with Crippen LogP contribution >= 0.6 is 0 Å². The fourth-order valence-electron chi connectivity index (χ4n) is 2.10. The summed E-state index contributed by atoms with van der Waals surface area (Å²) in [4.78, 5) is 15.2. The molecule has 3 N–H and O–H groups in total. The molecule has 0 saturated heterocycles. The van der Waals surface area contributed by atoms with Gasteiger partial charge in [-0.05, 0) is 24.5 Å². The van der Waals surface area contributed by atoms with Crippen molar-refractivity contribution in [2.24, 2.45) is 10.9 Å². The molecule has 0 heterocycles. The van der Waals surface area contributed by atoms with Crippen molar-refractivity contribution < 1.29 is 9.53 Å². The summed E-state index contributed by atoms with van der Waals surface area (Å²) in [6.45, 7) is 4.88. The zero-order chi connectivity index (χ0) is 15.9. The van der Waals surface area contributed by atoms with E-state index in [0.29, 0.717) is 19.2 Å². The maximum atomic E-state index is 11.0. The molecule has 0 aromatic heterocycles. The van der Waals surface area contributed by atoms with Crippen molar-refractivity contribution in [2.45, 2.75) is 26.3 Å². The second-order valence-corrected chi connectivity index (χ2v) is 5.52. The van der Waals surface area contributed by atoms with Crippen LogP contribution in [0.1, 0.15) is 20.3 Å². The monoisotopic (exact) mass is 304 g/mol. The lowest BCUT2D eigenvalue weighted by Crippen LogP contribution is -2.40. The Morgan fingerprint density at radius 3 is 2.86 bits per heavy atom. The van der Waals surface area contributed by atoms with Crippen molar-refractivity contribution >= 4 is 17.6 Å². The number of hydrogen-bond donors (Lipinski definition) is 3. The smallest absolute Gasteiger partial charge is 0.221 e. The number of carbonyl (C=O) groups is 1. The van der Waals surface area contributed by atoms with Gasteiger partial charge in [0.05, 0.1) is 6.54 Å². The van der Waals surface area contributed by atoms with Gasteiger partial charge in [-0.1, -0.05) is 13.0 Å². The van der Waals surface area contributed by atoms with Gasteiger partial charge in [-0.25, -0.2) is 0 Å². The summed E-state index contributed by atoms with van der Waals surface area (Å²) >= 11 is 0. The van der Waals surface area contributed by atoms with E-state index >= 15 is 0 Å². The van der Waals surface area contributed by atoms with Gasteiger partial charge in [0.15, 0.2) is 5.96 Å². The summed E-state index contributed by atoms with van der Waals surface area (Å²) in [5.74, 6) is 2.17. The van der Waals surface area contributed by atoms with E-state index < -0.39 is 0 Å². The normalized spacial score (nSPS) is 20.2. The SMILES string of the molecule is CN=C(NCCOc1cccc(NC(C)=O)c1)NC1CC1C. The van der Waals surface area contributed by atoms with E-state index in [2.05, 4.69) is 27.9 Å². The van der Waals surface area contributed by atoms with Crippen molar-refractivity contribution in [3.05, 3.63) is 24.3 Å². The highest BCUT2D eigenvalue weighted by molar-refractivity contribution is 5.88. The maximum absolute atomic E-state index is 11.0. The average molecular weight is 304 g/mol. The lowest BCUT2D eigenvalue weighted by atomic mass is 10.3.